The molecular formula is C39H58N6O3S. The van der Waals surface area contributed by atoms with Gasteiger partial charge in [-0.15, -0.1) is 11.8 Å². The summed E-state index contributed by atoms with van der Waals surface area (Å²) in [5.41, 5.74) is 1.33. The van der Waals surface area contributed by atoms with Gasteiger partial charge in [-0.3, -0.25) is 15.0 Å². The van der Waals surface area contributed by atoms with Crippen LogP contribution in [-0.2, 0) is 14.3 Å². The zero-order valence-electron chi connectivity index (χ0n) is 29.8. The third-order valence-corrected chi connectivity index (χ3v) is 14.4. The van der Waals surface area contributed by atoms with Crippen LogP contribution in [0.4, 0.5) is 0 Å². The van der Waals surface area contributed by atoms with Gasteiger partial charge in [0.15, 0.2) is 6.35 Å². The van der Waals surface area contributed by atoms with E-state index in [0.29, 0.717) is 43.6 Å². The number of likely N-dealkylation sites (N-methyl/N-ethyl adjacent to an activating group) is 1. The fourth-order valence-corrected chi connectivity index (χ4v) is 11.9. The molecule has 1 aromatic carbocycles. The smallest absolute Gasteiger partial charge is 0.246 e. The van der Waals surface area contributed by atoms with Crippen LogP contribution in [0, 0.1) is 17.2 Å². The number of nitriles is 1. The van der Waals surface area contributed by atoms with Gasteiger partial charge in [-0.05, 0) is 82.7 Å². The van der Waals surface area contributed by atoms with Crippen molar-refractivity contribution in [3.63, 3.8) is 0 Å². The Morgan fingerprint density at radius 2 is 1.90 bits per heavy atom. The van der Waals surface area contributed by atoms with Crippen LogP contribution in [0.2, 0.25) is 0 Å². The highest BCUT2D eigenvalue weighted by molar-refractivity contribution is 8.00. The predicted octanol–water partition coefficient (Wildman–Crippen LogP) is 5.74. The van der Waals surface area contributed by atoms with Crippen LogP contribution in [0.15, 0.2) is 41.8 Å². The van der Waals surface area contributed by atoms with E-state index in [2.05, 4.69) is 75.7 Å². The van der Waals surface area contributed by atoms with Crippen LogP contribution in [0.5, 0.6) is 0 Å². The first-order valence-electron chi connectivity index (χ1n) is 19.1. The largest absolute Gasteiger partial charge is 0.377 e. The van der Waals surface area contributed by atoms with Gasteiger partial charge in [0.05, 0.1) is 37.4 Å². The average molecular weight is 691 g/mol. The zero-order valence-corrected chi connectivity index (χ0v) is 30.6. The minimum absolute atomic E-state index is 0.0625. The van der Waals surface area contributed by atoms with Crippen LogP contribution in [0.1, 0.15) is 95.1 Å². The summed E-state index contributed by atoms with van der Waals surface area (Å²) in [5.74, 6) is 0.360. The Hall–Kier alpha value is -1.97. The van der Waals surface area contributed by atoms with Gasteiger partial charge < -0.3 is 19.3 Å². The minimum Gasteiger partial charge on any atom is -0.377 e. The summed E-state index contributed by atoms with van der Waals surface area (Å²) in [6, 6.07) is 12.3. The Balaban J connectivity index is 1.23. The van der Waals surface area contributed by atoms with Crippen molar-refractivity contribution in [1.82, 2.24) is 24.9 Å². The van der Waals surface area contributed by atoms with Crippen molar-refractivity contribution in [2.24, 2.45) is 5.92 Å². The summed E-state index contributed by atoms with van der Waals surface area (Å²) < 4.78 is 13.4. The molecule has 7 rings (SSSR count). The van der Waals surface area contributed by atoms with Gasteiger partial charge >= 0.3 is 0 Å². The number of hydrogen-bond acceptors (Lipinski definition) is 9. The molecule has 2 saturated carbocycles. The van der Waals surface area contributed by atoms with Gasteiger partial charge in [0.2, 0.25) is 5.91 Å². The van der Waals surface area contributed by atoms with E-state index in [9.17, 15) is 10.1 Å². The number of piperazine rings is 1. The number of nitrogens with zero attached hydrogens (tertiary/aromatic N) is 5. The topological polar surface area (TPSA) is 84.3 Å². The van der Waals surface area contributed by atoms with Crippen molar-refractivity contribution < 1.29 is 14.3 Å². The van der Waals surface area contributed by atoms with E-state index in [1.807, 2.05) is 12.0 Å². The first-order valence-corrected chi connectivity index (χ1v) is 20.0. The number of amides is 1. The second-order valence-electron chi connectivity index (χ2n) is 15.6. The zero-order chi connectivity index (χ0) is 34.0. The minimum atomic E-state index is -0.167. The third kappa shape index (κ3) is 7.37. The molecule has 0 radical (unpaired) electrons. The highest BCUT2D eigenvalue weighted by Gasteiger charge is 2.55. The van der Waals surface area contributed by atoms with E-state index in [0.717, 1.165) is 45.4 Å². The Kier molecular flexibility index (Phi) is 11.4. The Bertz CT molecular complexity index is 1350. The fourth-order valence-electron chi connectivity index (χ4n) is 10.3. The number of fused-ring (bicyclic) bond motifs is 2. The van der Waals surface area contributed by atoms with Gasteiger partial charge in [-0.2, -0.15) is 5.26 Å². The summed E-state index contributed by atoms with van der Waals surface area (Å²) in [4.78, 5) is 24.1. The van der Waals surface area contributed by atoms with Crippen molar-refractivity contribution in [3.05, 3.63) is 42.5 Å². The molecule has 6 aliphatic rings. The van der Waals surface area contributed by atoms with Crippen molar-refractivity contribution in [3.8, 4) is 6.07 Å². The maximum atomic E-state index is 12.9. The molecule has 0 aromatic heterocycles. The molecule has 1 aromatic rings. The fraction of sp³-hybridized carbons (Fsp3) is 0.744. The SMILES string of the molecule is C=CC(=O)N1CCN(C2C3CC[C@@]4(CC(OC)c5ccccc5S4)CC3NC(OCC3CCCN3C)N2C2CCCCCC2)CC1CC#N. The lowest BCUT2D eigenvalue weighted by molar-refractivity contribution is -0.214. The van der Waals surface area contributed by atoms with E-state index in [-0.39, 0.29) is 35.3 Å². The number of thioether (sulfide) groups is 1. The number of nitrogens with one attached hydrogen (secondary N) is 1. The molecule has 3 saturated heterocycles. The van der Waals surface area contributed by atoms with E-state index in [4.69, 9.17) is 9.47 Å². The number of carbonyl (C=O) groups is 1. The summed E-state index contributed by atoms with van der Waals surface area (Å²) in [6.45, 7) is 7.79. The Morgan fingerprint density at radius 3 is 2.63 bits per heavy atom. The quantitative estimate of drug-likeness (QED) is 0.271. The maximum Gasteiger partial charge on any atom is 0.246 e. The molecule has 1 N–H and O–H groups in total. The molecule has 1 amide bonds. The Labute approximate surface area is 298 Å². The van der Waals surface area contributed by atoms with Crippen LogP contribution in [0.3, 0.4) is 0 Å². The van der Waals surface area contributed by atoms with Crippen LogP contribution >= 0.6 is 11.8 Å². The monoisotopic (exact) mass is 690 g/mol. The van der Waals surface area contributed by atoms with Gasteiger partial charge in [0.25, 0.3) is 0 Å². The summed E-state index contributed by atoms with van der Waals surface area (Å²) in [6.07, 6.45) is 16.2. The molecule has 8 atom stereocenters. The molecule has 7 unspecified atom stereocenters. The molecule has 4 heterocycles. The number of hydrogen-bond donors (Lipinski definition) is 1. The number of methoxy groups -OCH3 is 1. The molecule has 4 aliphatic heterocycles. The lowest BCUT2D eigenvalue weighted by Gasteiger charge is -2.61. The summed E-state index contributed by atoms with van der Waals surface area (Å²) in [5, 5.41) is 14.1. The van der Waals surface area contributed by atoms with Gasteiger partial charge in [-0.1, -0.05) is 50.5 Å². The normalized spacial score (nSPS) is 36.5. The first-order chi connectivity index (χ1) is 23.9. The van der Waals surface area contributed by atoms with Crippen molar-refractivity contribution >= 4 is 17.7 Å². The van der Waals surface area contributed by atoms with E-state index < -0.39 is 0 Å². The highest BCUT2D eigenvalue weighted by atomic mass is 32.2. The number of rotatable bonds is 8. The molecule has 49 heavy (non-hydrogen) atoms. The average Bonchev–Trinajstić information content (AvgIpc) is 3.34. The van der Waals surface area contributed by atoms with Gasteiger partial charge in [0, 0.05) is 60.4 Å². The lowest BCUT2D eigenvalue weighted by atomic mass is 9.71. The number of carbonyl (C=O) groups excluding carboxylic acids is 1. The lowest BCUT2D eigenvalue weighted by Crippen LogP contribution is -2.75. The van der Waals surface area contributed by atoms with Crippen LogP contribution in [-0.4, -0.2) is 114 Å². The molecule has 0 bridgehead atoms. The Morgan fingerprint density at radius 1 is 1.08 bits per heavy atom. The second kappa shape index (κ2) is 15.7. The second-order valence-corrected chi connectivity index (χ2v) is 17.2. The van der Waals surface area contributed by atoms with Crippen molar-refractivity contribution in [2.75, 3.05) is 46.9 Å². The van der Waals surface area contributed by atoms with Crippen molar-refractivity contribution in [2.45, 2.75) is 136 Å². The van der Waals surface area contributed by atoms with Gasteiger partial charge in [0.1, 0.15) is 0 Å². The molecule has 5 fully saturated rings. The number of benzene rings is 1. The van der Waals surface area contributed by atoms with Gasteiger partial charge in [-0.25, -0.2) is 4.90 Å². The van der Waals surface area contributed by atoms with Crippen LogP contribution < -0.4 is 5.32 Å². The maximum absolute atomic E-state index is 12.9. The number of ether oxygens (including phenoxy) is 2. The molecule has 9 nitrogen and oxygen atoms in total. The first kappa shape index (κ1) is 35.4. The molecular weight excluding hydrogens is 633 g/mol. The molecule has 268 valence electrons. The highest BCUT2D eigenvalue weighted by Crippen LogP contribution is 2.57. The summed E-state index contributed by atoms with van der Waals surface area (Å²) >= 11 is 2.09. The predicted molar refractivity (Wildman–Crippen MR) is 194 cm³/mol. The summed E-state index contributed by atoms with van der Waals surface area (Å²) in [7, 11) is 4.11. The van der Waals surface area contributed by atoms with Crippen LogP contribution in [0.25, 0.3) is 0 Å². The van der Waals surface area contributed by atoms with E-state index in [1.54, 1.807) is 0 Å². The molecule has 2 aliphatic carbocycles. The van der Waals surface area contributed by atoms with E-state index in [1.165, 1.54) is 67.9 Å². The third-order valence-electron chi connectivity index (χ3n) is 12.8. The number of likely N-dealkylation sites (tertiary alicyclic amines) is 1. The molecule has 10 heteroatoms. The molecule has 1 spiro atoms. The van der Waals surface area contributed by atoms with Crippen molar-refractivity contribution in [1.29, 1.82) is 5.26 Å². The van der Waals surface area contributed by atoms with E-state index >= 15 is 0 Å². The standard InChI is InChI=1S/C39H58N6O3S/c1-4-36(46)44-23-22-43(26-29(44)18-20-40)37-31-17-19-39(25-34(47-3)32-15-9-10-16-35(32)49-39)24-33(31)41-38(48-27-30-14-11-21-42(30)2)45(37)28-12-7-5-6-8-13-28/h4,9-10,15-16,28-31,33-34,37-38,41H,1,5-8,11-14,17-19,21-27H2,2-3H3/t29?,30?,31?,33?,34?,37?,38?,39-/m0/s1.